The maximum Gasteiger partial charge on any atom is 0.411 e. The molecule has 1 rings (SSSR count). The quantitative estimate of drug-likeness (QED) is 0.766. The Morgan fingerprint density at radius 1 is 1.47 bits per heavy atom. The fourth-order valence-corrected chi connectivity index (χ4v) is 1.22. The molecule has 0 saturated heterocycles. The molecule has 0 aliphatic carbocycles. The molecule has 0 aliphatic rings. The second kappa shape index (κ2) is 6.32. The fourth-order valence-electron chi connectivity index (χ4n) is 1.22. The molecule has 0 saturated carbocycles. The van der Waals surface area contributed by atoms with Gasteiger partial charge in [-0.1, -0.05) is 24.8 Å². The third-order valence-electron chi connectivity index (χ3n) is 1.86. The van der Waals surface area contributed by atoms with Crippen molar-refractivity contribution < 1.29 is 19.4 Å². The lowest BCUT2D eigenvalue weighted by Crippen LogP contribution is -2.13. The number of hydrogen-bond donors (Lipinski definition) is 2. The summed E-state index contributed by atoms with van der Waals surface area (Å²) >= 11 is 0. The van der Waals surface area contributed by atoms with E-state index in [1.165, 1.54) is 6.08 Å². The van der Waals surface area contributed by atoms with E-state index in [9.17, 15) is 9.59 Å². The molecule has 0 atom stereocenters. The first-order valence-corrected chi connectivity index (χ1v) is 4.97. The van der Waals surface area contributed by atoms with Gasteiger partial charge in [-0.25, -0.2) is 4.79 Å². The zero-order chi connectivity index (χ0) is 12.7. The van der Waals surface area contributed by atoms with Crippen LogP contribution in [0.1, 0.15) is 5.56 Å². The van der Waals surface area contributed by atoms with Crippen LogP contribution in [0.5, 0.6) is 0 Å². The van der Waals surface area contributed by atoms with Gasteiger partial charge in [0.15, 0.2) is 0 Å². The minimum Gasteiger partial charge on any atom is -0.481 e. The van der Waals surface area contributed by atoms with Crippen molar-refractivity contribution in [2.24, 2.45) is 0 Å². The first-order chi connectivity index (χ1) is 8.11. The molecule has 5 nitrogen and oxygen atoms in total. The predicted molar refractivity (Wildman–Crippen MR) is 62.9 cm³/mol. The van der Waals surface area contributed by atoms with Crippen molar-refractivity contribution in [3.63, 3.8) is 0 Å². The van der Waals surface area contributed by atoms with Crippen LogP contribution in [-0.4, -0.2) is 23.8 Å². The van der Waals surface area contributed by atoms with E-state index < -0.39 is 12.1 Å². The second-order valence-electron chi connectivity index (χ2n) is 3.28. The van der Waals surface area contributed by atoms with E-state index in [1.54, 1.807) is 24.3 Å². The van der Waals surface area contributed by atoms with Crippen LogP contribution in [0.25, 0.3) is 0 Å². The highest BCUT2D eigenvalue weighted by Crippen LogP contribution is 2.11. The number of nitrogens with one attached hydrogen (secondary N) is 1. The van der Waals surface area contributed by atoms with Crippen LogP contribution in [0.3, 0.4) is 0 Å². The Kier molecular flexibility index (Phi) is 4.75. The molecule has 0 unspecified atom stereocenters. The van der Waals surface area contributed by atoms with Crippen molar-refractivity contribution in [2.45, 2.75) is 6.42 Å². The van der Waals surface area contributed by atoms with Gasteiger partial charge in [0.1, 0.15) is 6.61 Å². The van der Waals surface area contributed by atoms with Crippen molar-refractivity contribution in [1.29, 1.82) is 0 Å². The summed E-state index contributed by atoms with van der Waals surface area (Å²) in [4.78, 5) is 21.7. The maximum absolute atomic E-state index is 11.2. The summed E-state index contributed by atoms with van der Waals surface area (Å²) in [7, 11) is 0. The highest BCUT2D eigenvalue weighted by atomic mass is 16.5. The molecule has 1 amide bonds. The molecule has 0 fully saturated rings. The number of carbonyl (C=O) groups is 2. The van der Waals surface area contributed by atoms with E-state index in [0.29, 0.717) is 11.3 Å². The number of hydrogen-bond acceptors (Lipinski definition) is 3. The summed E-state index contributed by atoms with van der Waals surface area (Å²) in [5.74, 6) is -0.920. The lowest BCUT2D eigenvalue weighted by Gasteiger charge is -2.06. The van der Waals surface area contributed by atoms with Gasteiger partial charge in [0.05, 0.1) is 6.42 Å². The Morgan fingerprint density at radius 2 is 2.24 bits per heavy atom. The summed E-state index contributed by atoms with van der Waals surface area (Å²) < 4.78 is 4.73. The minimum absolute atomic E-state index is 0.0861. The lowest BCUT2D eigenvalue weighted by molar-refractivity contribution is -0.136. The number of carboxylic acids is 1. The Labute approximate surface area is 98.7 Å². The maximum atomic E-state index is 11.2. The Hall–Kier alpha value is -2.30. The molecule has 1 aromatic rings. The van der Waals surface area contributed by atoms with Gasteiger partial charge in [0.25, 0.3) is 0 Å². The molecular formula is C12H13NO4. The summed E-state index contributed by atoms with van der Waals surface area (Å²) in [6.45, 7) is 3.54. The number of anilines is 1. The molecule has 0 aromatic heterocycles. The molecule has 17 heavy (non-hydrogen) atoms. The van der Waals surface area contributed by atoms with Crippen LogP contribution in [0, 0.1) is 0 Å². The molecule has 1 aromatic carbocycles. The summed E-state index contributed by atoms with van der Waals surface area (Å²) in [6.07, 6.45) is 0.773. The third-order valence-corrected chi connectivity index (χ3v) is 1.86. The van der Waals surface area contributed by atoms with E-state index in [4.69, 9.17) is 9.84 Å². The molecule has 5 heteroatoms. The van der Waals surface area contributed by atoms with E-state index >= 15 is 0 Å². The number of aliphatic carboxylic acids is 1. The third kappa shape index (κ3) is 4.83. The van der Waals surface area contributed by atoms with Gasteiger partial charge in [-0.15, -0.1) is 0 Å². The van der Waals surface area contributed by atoms with Crippen LogP contribution in [0.4, 0.5) is 10.5 Å². The number of rotatable bonds is 5. The average molecular weight is 235 g/mol. The van der Waals surface area contributed by atoms with Crippen molar-refractivity contribution in [3.05, 3.63) is 42.5 Å². The van der Waals surface area contributed by atoms with Gasteiger partial charge in [0, 0.05) is 5.69 Å². The summed E-state index contributed by atoms with van der Waals surface area (Å²) in [5.41, 5.74) is 1.11. The van der Waals surface area contributed by atoms with Crippen LogP contribution in [0.15, 0.2) is 36.9 Å². The number of ether oxygens (including phenoxy) is 1. The standard InChI is InChI=1S/C12H13NO4/c1-2-6-17-12(16)13-10-5-3-4-9(7-10)8-11(14)15/h2-5,7H,1,6,8H2,(H,13,16)(H,14,15). The van der Waals surface area contributed by atoms with Crippen molar-refractivity contribution in [2.75, 3.05) is 11.9 Å². The molecule has 0 spiro atoms. The fraction of sp³-hybridized carbons (Fsp3) is 0.167. The number of carbonyl (C=O) groups excluding carboxylic acids is 1. The highest BCUT2D eigenvalue weighted by Gasteiger charge is 2.04. The molecule has 0 aliphatic heterocycles. The van der Waals surface area contributed by atoms with Crippen LogP contribution < -0.4 is 5.32 Å². The van der Waals surface area contributed by atoms with Gasteiger partial charge >= 0.3 is 12.1 Å². The van der Waals surface area contributed by atoms with Crippen LogP contribution in [0.2, 0.25) is 0 Å². The average Bonchev–Trinajstić information content (AvgIpc) is 2.26. The molecule has 0 radical (unpaired) electrons. The zero-order valence-corrected chi connectivity index (χ0v) is 9.18. The SMILES string of the molecule is C=CCOC(=O)Nc1cccc(CC(=O)O)c1. The Bertz CT molecular complexity index is 428. The van der Waals surface area contributed by atoms with Crippen molar-refractivity contribution >= 4 is 17.7 Å². The smallest absolute Gasteiger partial charge is 0.411 e. The van der Waals surface area contributed by atoms with E-state index in [1.807, 2.05) is 0 Å². The van der Waals surface area contributed by atoms with Gasteiger partial charge in [-0.05, 0) is 17.7 Å². The van der Waals surface area contributed by atoms with Crippen LogP contribution in [-0.2, 0) is 16.0 Å². The van der Waals surface area contributed by atoms with Crippen molar-refractivity contribution in [1.82, 2.24) is 0 Å². The minimum atomic E-state index is -0.920. The second-order valence-corrected chi connectivity index (χ2v) is 3.28. The first kappa shape index (κ1) is 12.8. The largest absolute Gasteiger partial charge is 0.481 e. The van der Waals surface area contributed by atoms with Gasteiger partial charge in [0.2, 0.25) is 0 Å². The number of carboxylic acid groups (broad SMARTS) is 1. The van der Waals surface area contributed by atoms with E-state index in [2.05, 4.69) is 11.9 Å². The summed E-state index contributed by atoms with van der Waals surface area (Å²) in [6, 6.07) is 6.58. The highest BCUT2D eigenvalue weighted by molar-refractivity contribution is 5.85. The lowest BCUT2D eigenvalue weighted by atomic mass is 10.1. The van der Waals surface area contributed by atoms with Gasteiger partial charge in [-0.3, -0.25) is 10.1 Å². The summed E-state index contributed by atoms with van der Waals surface area (Å²) in [5, 5.41) is 11.1. The predicted octanol–water partition coefficient (Wildman–Crippen LogP) is 2.05. The molecule has 2 N–H and O–H groups in total. The normalized spacial score (nSPS) is 9.41. The van der Waals surface area contributed by atoms with E-state index in [-0.39, 0.29) is 13.0 Å². The Balaban J connectivity index is 2.61. The topological polar surface area (TPSA) is 75.6 Å². The zero-order valence-electron chi connectivity index (χ0n) is 9.18. The molecule has 90 valence electrons. The Morgan fingerprint density at radius 3 is 2.88 bits per heavy atom. The first-order valence-electron chi connectivity index (χ1n) is 4.97. The molecular weight excluding hydrogens is 222 g/mol. The van der Waals surface area contributed by atoms with Crippen LogP contribution >= 0.6 is 0 Å². The van der Waals surface area contributed by atoms with E-state index in [0.717, 1.165) is 0 Å². The van der Waals surface area contributed by atoms with Crippen molar-refractivity contribution in [3.8, 4) is 0 Å². The van der Waals surface area contributed by atoms with Gasteiger partial charge in [-0.2, -0.15) is 0 Å². The molecule has 0 heterocycles. The van der Waals surface area contributed by atoms with Gasteiger partial charge < -0.3 is 9.84 Å². The number of benzene rings is 1. The molecule has 0 bridgehead atoms. The number of amides is 1. The monoisotopic (exact) mass is 235 g/mol.